The summed E-state index contributed by atoms with van der Waals surface area (Å²) in [4.78, 5) is 34.4. The van der Waals surface area contributed by atoms with E-state index >= 15 is 0 Å². The number of rotatable bonds is 7. The lowest BCUT2D eigenvalue weighted by Crippen LogP contribution is -2.44. The molecule has 1 aromatic carbocycles. The second kappa shape index (κ2) is 7.83. The van der Waals surface area contributed by atoms with Gasteiger partial charge in [-0.25, -0.2) is 4.79 Å². The summed E-state index contributed by atoms with van der Waals surface area (Å²) in [6, 6.07) is 5.50. The minimum atomic E-state index is -1.13. The zero-order chi connectivity index (χ0) is 18.6. The van der Waals surface area contributed by atoms with E-state index in [1.54, 1.807) is 18.2 Å². The van der Waals surface area contributed by atoms with Gasteiger partial charge in [0, 0.05) is 17.5 Å². The van der Waals surface area contributed by atoms with Crippen LogP contribution >= 0.6 is 0 Å². The van der Waals surface area contributed by atoms with Crippen molar-refractivity contribution in [2.75, 3.05) is 0 Å². The summed E-state index contributed by atoms with van der Waals surface area (Å²) in [5.74, 6) is -1.32. The van der Waals surface area contributed by atoms with E-state index in [0.717, 1.165) is 23.8 Å². The van der Waals surface area contributed by atoms with Gasteiger partial charge < -0.3 is 19.6 Å². The van der Waals surface area contributed by atoms with Crippen molar-refractivity contribution < 1.29 is 23.8 Å². The third-order valence-electron chi connectivity index (χ3n) is 3.73. The summed E-state index contributed by atoms with van der Waals surface area (Å²) in [6.07, 6.45) is 0.758. The number of carbonyl (C=O) groups excluding carboxylic acids is 1. The van der Waals surface area contributed by atoms with Crippen LogP contribution in [0.15, 0.2) is 33.5 Å². The molecule has 7 nitrogen and oxygen atoms in total. The Morgan fingerprint density at radius 3 is 2.64 bits per heavy atom. The molecule has 0 saturated heterocycles. The number of nitrogens with one attached hydrogen (secondary N) is 1. The number of benzene rings is 1. The van der Waals surface area contributed by atoms with Gasteiger partial charge in [-0.15, -0.1) is 0 Å². The number of aryl methyl sites for hydroxylation is 1. The number of carboxylic acid groups (broad SMARTS) is 1. The highest BCUT2D eigenvalue weighted by Crippen LogP contribution is 2.24. The number of ether oxygens (including phenoxy) is 1. The molecule has 2 N–H and O–H groups in total. The molecule has 7 heteroatoms. The van der Waals surface area contributed by atoms with Crippen molar-refractivity contribution in [3.05, 3.63) is 40.2 Å². The Balaban J connectivity index is 2.20. The Morgan fingerprint density at radius 2 is 2.00 bits per heavy atom. The number of amides is 1. The molecule has 1 amide bonds. The van der Waals surface area contributed by atoms with Crippen LogP contribution in [0.4, 0.5) is 0 Å². The predicted octanol–water partition coefficient (Wildman–Crippen LogP) is 2.10. The number of aliphatic carboxylic acids is 1. The maximum atomic E-state index is 11.9. The number of fused-ring (bicyclic) bond motifs is 1. The second-order valence-corrected chi connectivity index (χ2v) is 5.83. The summed E-state index contributed by atoms with van der Waals surface area (Å²) in [5, 5.41) is 12.0. The standard InChI is InChI=1S/C18H21NO6/c1-4-5-12-8-16(20)25-15-9-13(6-7-14(12)15)24-11(3)17(21)19-10(2)18(22)23/h6-11H,4-5H2,1-3H3,(H,19,21)(H,22,23). The molecule has 0 saturated carbocycles. The van der Waals surface area contributed by atoms with Crippen LogP contribution in [0.5, 0.6) is 5.75 Å². The molecule has 0 spiro atoms. The molecule has 2 unspecified atom stereocenters. The van der Waals surface area contributed by atoms with Crippen molar-refractivity contribution in [3.63, 3.8) is 0 Å². The van der Waals surface area contributed by atoms with E-state index in [4.69, 9.17) is 14.3 Å². The van der Waals surface area contributed by atoms with Crippen LogP contribution in [-0.4, -0.2) is 29.1 Å². The van der Waals surface area contributed by atoms with Crippen LogP contribution in [0.1, 0.15) is 32.8 Å². The van der Waals surface area contributed by atoms with E-state index in [1.807, 2.05) is 6.92 Å². The highest BCUT2D eigenvalue weighted by Gasteiger charge is 2.20. The van der Waals surface area contributed by atoms with Crippen LogP contribution in [0.25, 0.3) is 11.0 Å². The molecular weight excluding hydrogens is 326 g/mol. The lowest BCUT2D eigenvalue weighted by atomic mass is 10.1. The van der Waals surface area contributed by atoms with Crippen molar-refractivity contribution in [3.8, 4) is 5.75 Å². The van der Waals surface area contributed by atoms with Crippen molar-refractivity contribution in [1.29, 1.82) is 0 Å². The molecule has 0 aliphatic heterocycles. The highest BCUT2D eigenvalue weighted by atomic mass is 16.5. The van der Waals surface area contributed by atoms with Crippen LogP contribution in [0, 0.1) is 0 Å². The maximum Gasteiger partial charge on any atom is 0.336 e. The Kier molecular flexibility index (Phi) is 5.80. The lowest BCUT2D eigenvalue weighted by Gasteiger charge is -2.17. The number of hydrogen-bond donors (Lipinski definition) is 2. The van der Waals surface area contributed by atoms with E-state index in [2.05, 4.69) is 5.32 Å². The minimum Gasteiger partial charge on any atom is -0.481 e. The van der Waals surface area contributed by atoms with Gasteiger partial charge >= 0.3 is 11.6 Å². The summed E-state index contributed by atoms with van der Waals surface area (Å²) in [6.45, 7) is 4.90. The maximum absolute atomic E-state index is 11.9. The minimum absolute atomic E-state index is 0.356. The molecule has 1 heterocycles. The average Bonchev–Trinajstić information content (AvgIpc) is 2.54. The summed E-state index contributed by atoms with van der Waals surface area (Å²) in [7, 11) is 0. The van der Waals surface area contributed by atoms with Crippen LogP contribution in [0.2, 0.25) is 0 Å². The number of carbonyl (C=O) groups is 2. The molecular formula is C18H21NO6. The summed E-state index contributed by atoms with van der Waals surface area (Å²) < 4.78 is 10.8. The Labute approximate surface area is 144 Å². The molecule has 0 radical (unpaired) electrons. The normalized spacial score (nSPS) is 13.2. The van der Waals surface area contributed by atoms with Crippen LogP contribution < -0.4 is 15.7 Å². The van der Waals surface area contributed by atoms with E-state index in [0.29, 0.717) is 11.3 Å². The second-order valence-electron chi connectivity index (χ2n) is 5.83. The SMILES string of the molecule is CCCc1cc(=O)oc2cc(OC(C)C(=O)NC(C)C(=O)O)ccc12. The summed E-state index contributed by atoms with van der Waals surface area (Å²) >= 11 is 0. The van der Waals surface area contributed by atoms with Crippen LogP contribution in [0.3, 0.4) is 0 Å². The van der Waals surface area contributed by atoms with Gasteiger partial charge in [0.2, 0.25) is 0 Å². The topological polar surface area (TPSA) is 106 Å². The number of carboxylic acids is 1. The molecule has 0 bridgehead atoms. The van der Waals surface area contributed by atoms with Gasteiger partial charge in [-0.3, -0.25) is 9.59 Å². The molecule has 2 rings (SSSR count). The number of hydrogen-bond acceptors (Lipinski definition) is 5. The fourth-order valence-corrected chi connectivity index (χ4v) is 2.41. The highest BCUT2D eigenvalue weighted by molar-refractivity contribution is 5.86. The van der Waals surface area contributed by atoms with Gasteiger partial charge in [0.1, 0.15) is 17.4 Å². The van der Waals surface area contributed by atoms with Crippen molar-refractivity contribution in [2.24, 2.45) is 0 Å². The molecule has 2 atom stereocenters. The average molecular weight is 347 g/mol. The molecule has 134 valence electrons. The molecule has 0 aliphatic carbocycles. The zero-order valence-corrected chi connectivity index (χ0v) is 14.4. The smallest absolute Gasteiger partial charge is 0.336 e. The van der Waals surface area contributed by atoms with Gasteiger partial charge in [-0.2, -0.15) is 0 Å². The lowest BCUT2D eigenvalue weighted by molar-refractivity contribution is -0.142. The molecule has 1 aromatic heterocycles. The van der Waals surface area contributed by atoms with Crippen molar-refractivity contribution >= 4 is 22.8 Å². The molecule has 2 aromatic rings. The molecule has 25 heavy (non-hydrogen) atoms. The third kappa shape index (κ3) is 4.59. The first-order valence-corrected chi connectivity index (χ1v) is 8.08. The van der Waals surface area contributed by atoms with Crippen LogP contribution in [-0.2, 0) is 16.0 Å². The van der Waals surface area contributed by atoms with E-state index in [9.17, 15) is 14.4 Å². The molecule has 0 aliphatic rings. The van der Waals surface area contributed by atoms with Crippen molar-refractivity contribution in [1.82, 2.24) is 5.32 Å². The van der Waals surface area contributed by atoms with E-state index in [-0.39, 0.29) is 0 Å². The largest absolute Gasteiger partial charge is 0.481 e. The first-order chi connectivity index (χ1) is 11.8. The van der Waals surface area contributed by atoms with Gasteiger partial charge in [0.05, 0.1) is 0 Å². The first kappa shape index (κ1) is 18.5. The van der Waals surface area contributed by atoms with E-state index < -0.39 is 29.6 Å². The Hall–Kier alpha value is -2.83. The first-order valence-electron chi connectivity index (χ1n) is 8.08. The van der Waals surface area contributed by atoms with Gasteiger partial charge in [0.15, 0.2) is 6.10 Å². The quantitative estimate of drug-likeness (QED) is 0.743. The predicted molar refractivity (Wildman–Crippen MR) is 91.8 cm³/mol. The third-order valence-corrected chi connectivity index (χ3v) is 3.73. The van der Waals surface area contributed by atoms with Crippen molar-refractivity contribution in [2.45, 2.75) is 45.8 Å². The Bertz CT molecular complexity index is 841. The monoisotopic (exact) mass is 347 g/mol. The molecule has 0 fully saturated rings. The van der Waals surface area contributed by atoms with E-state index in [1.165, 1.54) is 19.9 Å². The zero-order valence-electron chi connectivity index (χ0n) is 14.4. The Morgan fingerprint density at radius 1 is 1.28 bits per heavy atom. The van der Waals surface area contributed by atoms with Gasteiger partial charge in [-0.05, 0) is 38.0 Å². The van der Waals surface area contributed by atoms with Gasteiger partial charge in [0.25, 0.3) is 5.91 Å². The fraction of sp³-hybridized carbons (Fsp3) is 0.389. The summed E-state index contributed by atoms with van der Waals surface area (Å²) in [5.41, 5.74) is 0.857. The van der Waals surface area contributed by atoms with Gasteiger partial charge in [-0.1, -0.05) is 13.3 Å². The fourth-order valence-electron chi connectivity index (χ4n) is 2.41.